The van der Waals surface area contributed by atoms with Gasteiger partial charge in [-0.05, 0) is 12.8 Å². The molecule has 1 aliphatic rings. The summed E-state index contributed by atoms with van der Waals surface area (Å²) in [6.45, 7) is 2.28. The van der Waals surface area contributed by atoms with Crippen molar-refractivity contribution in [2.75, 3.05) is 13.1 Å². The summed E-state index contributed by atoms with van der Waals surface area (Å²) in [6, 6.07) is 0. The van der Waals surface area contributed by atoms with Crippen LogP contribution in [0.4, 0.5) is 0 Å². The minimum absolute atomic E-state index is 0.106. The first-order valence-electron chi connectivity index (χ1n) is 6.25. The van der Waals surface area contributed by atoms with Gasteiger partial charge in [0, 0.05) is 20.0 Å². The summed E-state index contributed by atoms with van der Waals surface area (Å²) in [5.74, 6) is -0.245. The van der Waals surface area contributed by atoms with Crippen LogP contribution >= 0.6 is 0 Å². The zero-order valence-corrected chi connectivity index (χ0v) is 10.4. The second-order valence-corrected chi connectivity index (χ2v) is 4.79. The number of hydrogen-bond donors (Lipinski definition) is 3. The van der Waals surface area contributed by atoms with E-state index < -0.39 is 5.60 Å². The van der Waals surface area contributed by atoms with Crippen LogP contribution in [-0.4, -0.2) is 35.6 Å². The SMILES string of the molecule is CC(=O)NCCNC(=O)CC1(O)CCCCC1. The summed E-state index contributed by atoms with van der Waals surface area (Å²) < 4.78 is 0. The highest BCUT2D eigenvalue weighted by Crippen LogP contribution is 2.30. The van der Waals surface area contributed by atoms with Gasteiger partial charge in [-0.1, -0.05) is 19.3 Å². The highest BCUT2D eigenvalue weighted by atomic mass is 16.3. The van der Waals surface area contributed by atoms with E-state index in [1.165, 1.54) is 6.92 Å². The fourth-order valence-corrected chi connectivity index (χ4v) is 2.19. The number of hydrogen-bond acceptors (Lipinski definition) is 3. The predicted octanol–water partition coefficient (Wildman–Crippen LogP) is 0.324. The molecule has 1 rings (SSSR count). The number of rotatable bonds is 5. The molecule has 5 heteroatoms. The molecule has 3 N–H and O–H groups in total. The molecule has 5 nitrogen and oxygen atoms in total. The number of carbonyl (C=O) groups excluding carboxylic acids is 2. The molecule has 1 fully saturated rings. The molecule has 1 aliphatic carbocycles. The zero-order valence-electron chi connectivity index (χ0n) is 10.4. The predicted molar refractivity (Wildman–Crippen MR) is 64.3 cm³/mol. The lowest BCUT2D eigenvalue weighted by molar-refractivity contribution is -0.127. The van der Waals surface area contributed by atoms with Crippen LogP contribution in [0.3, 0.4) is 0 Å². The van der Waals surface area contributed by atoms with Crippen molar-refractivity contribution in [2.45, 2.75) is 51.0 Å². The van der Waals surface area contributed by atoms with Crippen LogP contribution in [0.5, 0.6) is 0 Å². The Bertz CT molecular complexity index is 273. The third-order valence-electron chi connectivity index (χ3n) is 3.09. The van der Waals surface area contributed by atoms with Crippen LogP contribution in [0.15, 0.2) is 0 Å². The highest BCUT2D eigenvalue weighted by molar-refractivity contribution is 5.77. The third kappa shape index (κ3) is 5.68. The van der Waals surface area contributed by atoms with E-state index in [9.17, 15) is 14.7 Å². The fourth-order valence-electron chi connectivity index (χ4n) is 2.19. The molecule has 0 aromatic rings. The Morgan fingerprint density at radius 1 is 1.12 bits per heavy atom. The van der Waals surface area contributed by atoms with Gasteiger partial charge in [0.05, 0.1) is 12.0 Å². The third-order valence-corrected chi connectivity index (χ3v) is 3.09. The van der Waals surface area contributed by atoms with Crippen molar-refractivity contribution in [3.8, 4) is 0 Å². The minimum atomic E-state index is -0.809. The molecule has 17 heavy (non-hydrogen) atoms. The quantitative estimate of drug-likeness (QED) is 0.608. The monoisotopic (exact) mass is 242 g/mol. The first kappa shape index (κ1) is 14.0. The van der Waals surface area contributed by atoms with Gasteiger partial charge in [0.2, 0.25) is 11.8 Å². The van der Waals surface area contributed by atoms with Crippen molar-refractivity contribution >= 4 is 11.8 Å². The van der Waals surface area contributed by atoms with Crippen molar-refractivity contribution in [1.29, 1.82) is 0 Å². The number of amides is 2. The van der Waals surface area contributed by atoms with E-state index in [0.29, 0.717) is 25.9 Å². The van der Waals surface area contributed by atoms with Crippen LogP contribution in [0.1, 0.15) is 45.4 Å². The molecule has 0 unspecified atom stereocenters. The van der Waals surface area contributed by atoms with Crippen molar-refractivity contribution in [2.24, 2.45) is 0 Å². The Kier molecular flexibility index (Phi) is 5.41. The Morgan fingerprint density at radius 3 is 2.29 bits per heavy atom. The molecule has 0 saturated heterocycles. The maximum atomic E-state index is 11.6. The van der Waals surface area contributed by atoms with E-state index in [0.717, 1.165) is 19.3 Å². The molecule has 0 atom stereocenters. The Hall–Kier alpha value is -1.10. The lowest BCUT2D eigenvalue weighted by atomic mass is 9.82. The minimum Gasteiger partial charge on any atom is -0.389 e. The van der Waals surface area contributed by atoms with Gasteiger partial charge in [0.15, 0.2) is 0 Å². The molecular formula is C12H22N2O3. The number of nitrogens with one attached hydrogen (secondary N) is 2. The molecule has 0 spiro atoms. The van der Waals surface area contributed by atoms with Gasteiger partial charge in [0.25, 0.3) is 0 Å². The lowest BCUT2D eigenvalue weighted by Gasteiger charge is -2.31. The van der Waals surface area contributed by atoms with E-state index in [1.54, 1.807) is 0 Å². The van der Waals surface area contributed by atoms with Gasteiger partial charge in [-0.3, -0.25) is 9.59 Å². The molecule has 0 radical (unpaired) electrons. The largest absolute Gasteiger partial charge is 0.389 e. The Balaban J connectivity index is 2.17. The normalized spacial score (nSPS) is 18.5. The van der Waals surface area contributed by atoms with Gasteiger partial charge in [-0.2, -0.15) is 0 Å². The molecule has 2 amide bonds. The van der Waals surface area contributed by atoms with E-state index >= 15 is 0 Å². The zero-order chi connectivity index (χ0) is 12.7. The fraction of sp³-hybridized carbons (Fsp3) is 0.833. The summed E-state index contributed by atoms with van der Waals surface area (Å²) in [6.07, 6.45) is 4.74. The average Bonchev–Trinajstić information content (AvgIpc) is 2.24. The van der Waals surface area contributed by atoms with E-state index in [1.807, 2.05) is 0 Å². The van der Waals surface area contributed by atoms with Crippen LogP contribution in [-0.2, 0) is 9.59 Å². The summed E-state index contributed by atoms with van der Waals surface area (Å²) in [7, 11) is 0. The molecule has 98 valence electrons. The average molecular weight is 242 g/mol. The highest BCUT2D eigenvalue weighted by Gasteiger charge is 2.31. The van der Waals surface area contributed by atoms with Crippen LogP contribution in [0, 0.1) is 0 Å². The lowest BCUT2D eigenvalue weighted by Crippen LogP contribution is -2.40. The van der Waals surface area contributed by atoms with Crippen molar-refractivity contribution in [3.05, 3.63) is 0 Å². The van der Waals surface area contributed by atoms with Crippen molar-refractivity contribution in [3.63, 3.8) is 0 Å². The second kappa shape index (κ2) is 6.59. The topological polar surface area (TPSA) is 78.4 Å². The van der Waals surface area contributed by atoms with E-state index in [4.69, 9.17) is 0 Å². The molecule has 0 bridgehead atoms. The first-order valence-corrected chi connectivity index (χ1v) is 6.25. The number of aliphatic hydroxyl groups is 1. The molecule has 1 saturated carbocycles. The molecule has 0 aromatic heterocycles. The van der Waals surface area contributed by atoms with Crippen LogP contribution < -0.4 is 10.6 Å². The maximum absolute atomic E-state index is 11.6. The molecule has 0 heterocycles. The van der Waals surface area contributed by atoms with Gasteiger partial charge in [0.1, 0.15) is 0 Å². The van der Waals surface area contributed by atoms with Crippen LogP contribution in [0.2, 0.25) is 0 Å². The van der Waals surface area contributed by atoms with Crippen LogP contribution in [0.25, 0.3) is 0 Å². The molecule has 0 aromatic carbocycles. The second-order valence-electron chi connectivity index (χ2n) is 4.79. The van der Waals surface area contributed by atoms with Crippen molar-refractivity contribution < 1.29 is 14.7 Å². The Labute approximate surface area is 102 Å². The van der Waals surface area contributed by atoms with Gasteiger partial charge >= 0.3 is 0 Å². The molecular weight excluding hydrogens is 220 g/mol. The first-order chi connectivity index (χ1) is 8.02. The maximum Gasteiger partial charge on any atom is 0.222 e. The van der Waals surface area contributed by atoms with Gasteiger partial charge in [-0.25, -0.2) is 0 Å². The van der Waals surface area contributed by atoms with Crippen molar-refractivity contribution in [1.82, 2.24) is 10.6 Å². The molecule has 0 aliphatic heterocycles. The van der Waals surface area contributed by atoms with E-state index in [-0.39, 0.29) is 18.2 Å². The van der Waals surface area contributed by atoms with Gasteiger partial charge in [-0.15, -0.1) is 0 Å². The summed E-state index contributed by atoms with van der Waals surface area (Å²) in [5, 5.41) is 15.5. The van der Waals surface area contributed by atoms with Gasteiger partial charge < -0.3 is 15.7 Å². The summed E-state index contributed by atoms with van der Waals surface area (Å²) in [5.41, 5.74) is -0.809. The van der Waals surface area contributed by atoms with E-state index in [2.05, 4.69) is 10.6 Å². The number of carbonyl (C=O) groups is 2. The summed E-state index contributed by atoms with van der Waals surface area (Å²) >= 11 is 0. The summed E-state index contributed by atoms with van der Waals surface area (Å²) in [4.78, 5) is 22.2. The standard InChI is InChI=1S/C12H22N2O3/c1-10(15)13-7-8-14-11(16)9-12(17)5-3-2-4-6-12/h17H,2-9H2,1H3,(H,13,15)(H,14,16). The smallest absolute Gasteiger partial charge is 0.222 e. The Morgan fingerprint density at radius 2 is 1.71 bits per heavy atom.